The SMILES string of the molecule is Cc1cccc(C(=N)N)c1Oc1ccccc1Cl. The van der Waals surface area contributed by atoms with Crippen molar-refractivity contribution in [2.45, 2.75) is 6.92 Å². The van der Waals surface area contributed by atoms with Crippen molar-refractivity contribution in [3.63, 3.8) is 0 Å². The Bertz CT molecular complexity index is 596. The summed E-state index contributed by atoms with van der Waals surface area (Å²) in [6.07, 6.45) is 0. The zero-order valence-electron chi connectivity index (χ0n) is 9.91. The van der Waals surface area contributed by atoms with Crippen LogP contribution in [-0.4, -0.2) is 5.84 Å². The Morgan fingerprint density at radius 3 is 2.56 bits per heavy atom. The lowest BCUT2D eigenvalue weighted by Gasteiger charge is -2.13. The van der Waals surface area contributed by atoms with Gasteiger partial charge in [-0.1, -0.05) is 35.9 Å². The molecular formula is C14H13ClN2O. The normalized spacial score (nSPS) is 10.1. The fraction of sp³-hybridized carbons (Fsp3) is 0.0714. The van der Waals surface area contributed by atoms with Crippen molar-refractivity contribution in [3.05, 3.63) is 58.6 Å². The van der Waals surface area contributed by atoms with E-state index < -0.39 is 0 Å². The van der Waals surface area contributed by atoms with Crippen LogP contribution in [0.2, 0.25) is 5.02 Å². The average Bonchev–Trinajstić information content (AvgIpc) is 2.34. The highest BCUT2D eigenvalue weighted by Crippen LogP contribution is 2.32. The lowest BCUT2D eigenvalue weighted by Crippen LogP contribution is -2.12. The molecule has 0 fully saturated rings. The van der Waals surface area contributed by atoms with E-state index in [2.05, 4.69) is 0 Å². The number of nitrogen functional groups attached to an aromatic ring is 1. The molecule has 0 heterocycles. The van der Waals surface area contributed by atoms with E-state index in [4.69, 9.17) is 27.5 Å². The molecule has 4 heteroatoms. The number of hydrogen-bond donors (Lipinski definition) is 2. The number of nitrogens with one attached hydrogen (secondary N) is 1. The van der Waals surface area contributed by atoms with Crippen LogP contribution in [0.1, 0.15) is 11.1 Å². The van der Waals surface area contributed by atoms with Crippen LogP contribution in [0.5, 0.6) is 11.5 Å². The predicted octanol–water partition coefficient (Wildman–Crippen LogP) is 3.72. The number of para-hydroxylation sites is 2. The highest BCUT2D eigenvalue weighted by atomic mass is 35.5. The van der Waals surface area contributed by atoms with E-state index in [0.29, 0.717) is 22.1 Å². The summed E-state index contributed by atoms with van der Waals surface area (Å²) in [5.41, 5.74) is 7.02. The summed E-state index contributed by atoms with van der Waals surface area (Å²) in [5, 5.41) is 8.08. The van der Waals surface area contributed by atoms with E-state index in [1.54, 1.807) is 18.2 Å². The van der Waals surface area contributed by atoms with E-state index in [1.807, 2.05) is 31.2 Å². The lowest BCUT2D eigenvalue weighted by molar-refractivity contribution is 0.478. The third kappa shape index (κ3) is 2.46. The Morgan fingerprint density at radius 2 is 1.89 bits per heavy atom. The smallest absolute Gasteiger partial charge is 0.146 e. The van der Waals surface area contributed by atoms with E-state index >= 15 is 0 Å². The van der Waals surface area contributed by atoms with Gasteiger partial charge in [0.25, 0.3) is 0 Å². The first-order valence-corrected chi connectivity index (χ1v) is 5.84. The first kappa shape index (κ1) is 12.5. The minimum Gasteiger partial charge on any atom is -0.455 e. The zero-order valence-corrected chi connectivity index (χ0v) is 10.7. The van der Waals surface area contributed by atoms with Gasteiger partial charge in [0.1, 0.15) is 17.3 Å². The second-order valence-corrected chi connectivity index (χ2v) is 4.30. The predicted molar refractivity (Wildman–Crippen MR) is 73.7 cm³/mol. The number of halogens is 1. The molecule has 2 rings (SSSR count). The Morgan fingerprint density at radius 1 is 1.17 bits per heavy atom. The molecule has 0 spiro atoms. The topological polar surface area (TPSA) is 59.1 Å². The summed E-state index contributed by atoms with van der Waals surface area (Å²) in [5.74, 6) is 1.09. The minimum atomic E-state index is -0.0271. The summed E-state index contributed by atoms with van der Waals surface area (Å²) in [6.45, 7) is 1.90. The molecular weight excluding hydrogens is 248 g/mol. The van der Waals surface area contributed by atoms with Gasteiger partial charge in [-0.3, -0.25) is 5.41 Å². The number of rotatable bonds is 3. The molecule has 2 aromatic rings. The van der Waals surface area contributed by atoms with E-state index in [1.165, 1.54) is 0 Å². The summed E-state index contributed by atoms with van der Waals surface area (Å²) in [6, 6.07) is 12.7. The van der Waals surface area contributed by atoms with Crippen LogP contribution in [0.15, 0.2) is 42.5 Å². The maximum Gasteiger partial charge on any atom is 0.146 e. The van der Waals surface area contributed by atoms with Crippen LogP contribution in [0, 0.1) is 12.3 Å². The van der Waals surface area contributed by atoms with Crippen molar-refractivity contribution in [3.8, 4) is 11.5 Å². The quantitative estimate of drug-likeness (QED) is 0.653. The van der Waals surface area contributed by atoms with Gasteiger partial charge in [0, 0.05) is 0 Å². The van der Waals surface area contributed by atoms with E-state index in [9.17, 15) is 0 Å². The summed E-state index contributed by atoms with van der Waals surface area (Å²) in [4.78, 5) is 0. The highest BCUT2D eigenvalue weighted by Gasteiger charge is 2.11. The molecule has 0 aromatic heterocycles. The maximum atomic E-state index is 7.56. The molecule has 3 N–H and O–H groups in total. The largest absolute Gasteiger partial charge is 0.455 e. The van der Waals surface area contributed by atoms with Gasteiger partial charge in [-0.05, 0) is 30.7 Å². The average molecular weight is 261 g/mol. The monoisotopic (exact) mass is 260 g/mol. The van der Waals surface area contributed by atoms with Crippen molar-refractivity contribution in [1.29, 1.82) is 5.41 Å². The Balaban J connectivity index is 2.46. The van der Waals surface area contributed by atoms with Gasteiger partial charge in [-0.15, -0.1) is 0 Å². The lowest BCUT2D eigenvalue weighted by atomic mass is 10.1. The van der Waals surface area contributed by atoms with Crippen molar-refractivity contribution >= 4 is 17.4 Å². The third-order valence-corrected chi connectivity index (χ3v) is 2.86. The van der Waals surface area contributed by atoms with Crippen molar-refractivity contribution in [2.75, 3.05) is 0 Å². The minimum absolute atomic E-state index is 0.0271. The number of aryl methyl sites for hydroxylation is 1. The standard InChI is InChI=1S/C14H13ClN2O/c1-9-5-4-6-10(14(16)17)13(9)18-12-8-3-2-7-11(12)15/h2-8H,1H3,(H3,16,17). The molecule has 0 atom stereocenters. The molecule has 0 saturated carbocycles. The van der Waals surface area contributed by atoms with Gasteiger partial charge in [-0.2, -0.15) is 0 Å². The second-order valence-electron chi connectivity index (χ2n) is 3.90. The summed E-state index contributed by atoms with van der Waals surface area (Å²) < 4.78 is 5.78. The van der Waals surface area contributed by atoms with E-state index in [-0.39, 0.29) is 5.84 Å². The fourth-order valence-corrected chi connectivity index (χ4v) is 1.81. The molecule has 92 valence electrons. The van der Waals surface area contributed by atoms with Crippen LogP contribution >= 0.6 is 11.6 Å². The summed E-state index contributed by atoms with van der Waals surface area (Å²) in [7, 11) is 0. The van der Waals surface area contributed by atoms with Crippen molar-refractivity contribution < 1.29 is 4.74 Å². The summed E-state index contributed by atoms with van der Waals surface area (Å²) >= 11 is 6.05. The second kappa shape index (κ2) is 5.10. The number of amidine groups is 1. The molecule has 0 bridgehead atoms. The Hall–Kier alpha value is -2.00. The van der Waals surface area contributed by atoms with Crippen molar-refractivity contribution in [1.82, 2.24) is 0 Å². The number of nitrogens with two attached hydrogens (primary N) is 1. The third-order valence-electron chi connectivity index (χ3n) is 2.55. The van der Waals surface area contributed by atoms with E-state index in [0.717, 1.165) is 5.56 Å². The van der Waals surface area contributed by atoms with Gasteiger partial charge in [0.2, 0.25) is 0 Å². The first-order chi connectivity index (χ1) is 8.59. The number of hydrogen-bond acceptors (Lipinski definition) is 2. The van der Waals surface area contributed by atoms with Gasteiger partial charge >= 0.3 is 0 Å². The Labute approximate surface area is 111 Å². The molecule has 0 amide bonds. The zero-order chi connectivity index (χ0) is 13.1. The molecule has 0 aliphatic heterocycles. The first-order valence-electron chi connectivity index (χ1n) is 5.46. The molecule has 0 unspecified atom stereocenters. The van der Waals surface area contributed by atoms with Crippen molar-refractivity contribution in [2.24, 2.45) is 5.73 Å². The molecule has 2 aromatic carbocycles. The Kier molecular flexibility index (Phi) is 3.53. The van der Waals surface area contributed by atoms with Gasteiger partial charge in [0.15, 0.2) is 0 Å². The van der Waals surface area contributed by atoms with Gasteiger partial charge < -0.3 is 10.5 Å². The molecule has 3 nitrogen and oxygen atoms in total. The van der Waals surface area contributed by atoms with Crippen LogP contribution in [-0.2, 0) is 0 Å². The molecule has 0 saturated heterocycles. The van der Waals surface area contributed by atoms with Crippen LogP contribution in [0.3, 0.4) is 0 Å². The van der Waals surface area contributed by atoms with Gasteiger partial charge in [0.05, 0.1) is 10.6 Å². The fourth-order valence-electron chi connectivity index (χ4n) is 1.64. The molecule has 0 aliphatic carbocycles. The van der Waals surface area contributed by atoms with Gasteiger partial charge in [-0.25, -0.2) is 0 Å². The number of ether oxygens (including phenoxy) is 1. The van der Waals surface area contributed by atoms with Crippen LogP contribution in [0.25, 0.3) is 0 Å². The molecule has 0 radical (unpaired) electrons. The highest BCUT2D eigenvalue weighted by molar-refractivity contribution is 6.32. The molecule has 0 aliphatic rings. The van der Waals surface area contributed by atoms with Crippen LogP contribution in [0.4, 0.5) is 0 Å². The maximum absolute atomic E-state index is 7.56. The number of benzene rings is 2. The molecule has 18 heavy (non-hydrogen) atoms. The van der Waals surface area contributed by atoms with Crippen LogP contribution < -0.4 is 10.5 Å².